The van der Waals surface area contributed by atoms with Gasteiger partial charge in [-0.2, -0.15) is 5.01 Å². The third-order valence-corrected chi connectivity index (χ3v) is 12.1. The first kappa shape index (κ1) is 38.2. The fourth-order valence-electron chi connectivity index (χ4n) is 9.21. The van der Waals surface area contributed by atoms with Crippen LogP contribution in [0.1, 0.15) is 62.5 Å². The number of benzene rings is 3. The summed E-state index contributed by atoms with van der Waals surface area (Å²) in [7, 11) is 1.53. The molecule has 4 amide bonds. The van der Waals surface area contributed by atoms with E-state index in [1.807, 2.05) is 6.08 Å². The molecule has 0 bridgehead atoms. The van der Waals surface area contributed by atoms with Crippen LogP contribution in [0.3, 0.4) is 0 Å². The van der Waals surface area contributed by atoms with E-state index in [0.717, 1.165) is 10.6 Å². The van der Waals surface area contributed by atoms with Crippen molar-refractivity contribution in [3.05, 3.63) is 93.5 Å². The van der Waals surface area contributed by atoms with Gasteiger partial charge < -0.3 is 19.7 Å². The molecule has 4 aliphatic rings. The predicted octanol–water partition coefficient (Wildman–Crippen LogP) is 6.74. The number of nitrogens with one attached hydrogen (secondary N) is 1. The number of amides is 4. The summed E-state index contributed by atoms with van der Waals surface area (Å²) >= 11 is 12.7. The first-order chi connectivity index (χ1) is 26.4. The molecule has 14 heteroatoms. The number of nitrogens with zero attached hydrogens (tertiary/aromatic N) is 2. The Hall–Kier alpha value is -5.07. The van der Waals surface area contributed by atoms with E-state index in [-0.39, 0.29) is 66.4 Å². The molecule has 12 nitrogen and oxygen atoms in total. The van der Waals surface area contributed by atoms with Crippen molar-refractivity contribution >= 4 is 58.5 Å². The number of fused-ring (bicyclic) bond motifs is 4. The highest BCUT2D eigenvalue weighted by molar-refractivity contribution is 6.36. The molecule has 0 aromatic heterocycles. The molecule has 3 aromatic rings. The van der Waals surface area contributed by atoms with Crippen LogP contribution in [-0.4, -0.2) is 70.0 Å². The summed E-state index contributed by atoms with van der Waals surface area (Å²) in [4.78, 5) is 70.9. The van der Waals surface area contributed by atoms with Gasteiger partial charge in [-0.3, -0.25) is 34.3 Å². The Bertz CT molecular complexity index is 2090. The zero-order valence-electron chi connectivity index (χ0n) is 30.3. The first-order valence-corrected chi connectivity index (χ1v) is 19.1. The number of carbonyl (C=O) groups is 5. The zero-order valence-corrected chi connectivity index (χ0v) is 31.8. The second-order valence-electron chi connectivity index (χ2n) is 14.4. The van der Waals surface area contributed by atoms with Gasteiger partial charge in [0.25, 0.3) is 11.8 Å². The molecule has 0 spiro atoms. The normalized spacial score (nSPS) is 25.7. The smallest absolute Gasteiger partial charge is 0.303 e. The van der Waals surface area contributed by atoms with Gasteiger partial charge in [0, 0.05) is 23.9 Å². The SMILES string of the molecule is CCOc1cc(C2C3=CCC4C(=O)N(CCCCCC(=O)O)C(=O)C4C3CC3C(=O)N(Nc4ccc(Cl)cc4Cl)C(=O)C32c2ccc(OC)cc2)ccc1O. The molecular formula is C41H41Cl2N3O9. The number of hydrazine groups is 1. The van der Waals surface area contributed by atoms with Gasteiger partial charge in [0.15, 0.2) is 11.5 Å². The minimum Gasteiger partial charge on any atom is -0.504 e. The van der Waals surface area contributed by atoms with Crippen LogP contribution in [0.25, 0.3) is 0 Å². The monoisotopic (exact) mass is 789 g/mol. The van der Waals surface area contributed by atoms with Crippen molar-refractivity contribution in [1.82, 2.24) is 9.91 Å². The third kappa shape index (κ3) is 6.48. The number of imide groups is 2. The summed E-state index contributed by atoms with van der Waals surface area (Å²) in [6.45, 7) is 2.21. The van der Waals surface area contributed by atoms with E-state index in [0.29, 0.717) is 41.2 Å². The summed E-state index contributed by atoms with van der Waals surface area (Å²) in [5.41, 5.74) is 3.56. The van der Waals surface area contributed by atoms with Gasteiger partial charge in [0.05, 0.1) is 47.6 Å². The van der Waals surface area contributed by atoms with E-state index in [9.17, 15) is 24.3 Å². The largest absolute Gasteiger partial charge is 0.504 e. The molecule has 2 saturated heterocycles. The summed E-state index contributed by atoms with van der Waals surface area (Å²) in [5.74, 6) is -5.85. The van der Waals surface area contributed by atoms with E-state index >= 15 is 4.79 Å². The number of carboxylic acid groups (broad SMARTS) is 1. The number of halogens is 2. The van der Waals surface area contributed by atoms with Crippen molar-refractivity contribution in [3.63, 3.8) is 0 Å². The number of carboxylic acids is 1. The van der Waals surface area contributed by atoms with Crippen LogP contribution in [0.2, 0.25) is 10.0 Å². The molecule has 0 radical (unpaired) electrons. The molecular weight excluding hydrogens is 749 g/mol. The van der Waals surface area contributed by atoms with Gasteiger partial charge in [0.2, 0.25) is 11.8 Å². The van der Waals surface area contributed by atoms with Crippen LogP contribution in [0, 0.1) is 23.7 Å². The Morgan fingerprint density at radius 2 is 1.71 bits per heavy atom. The fraction of sp³-hybridized carbons (Fsp3) is 0.390. The molecule has 2 heterocycles. The average Bonchev–Trinajstić information content (AvgIpc) is 3.53. The fourth-order valence-corrected chi connectivity index (χ4v) is 9.66. The highest BCUT2D eigenvalue weighted by atomic mass is 35.5. The van der Waals surface area contributed by atoms with Crippen molar-refractivity contribution in [2.24, 2.45) is 23.7 Å². The van der Waals surface area contributed by atoms with Gasteiger partial charge in [-0.15, -0.1) is 0 Å². The van der Waals surface area contributed by atoms with E-state index in [2.05, 4.69) is 5.43 Å². The number of likely N-dealkylation sites (tertiary alicyclic amines) is 1. The molecule has 3 aromatic carbocycles. The Morgan fingerprint density at radius 1 is 0.945 bits per heavy atom. The third-order valence-electron chi connectivity index (χ3n) is 11.6. The number of methoxy groups -OCH3 is 1. The molecule has 7 rings (SSSR count). The lowest BCUT2D eigenvalue weighted by Gasteiger charge is -2.50. The number of unbranched alkanes of at least 4 members (excludes halogenated alkanes) is 2. The number of carbonyl (C=O) groups excluding carboxylic acids is 4. The minimum absolute atomic E-state index is 0.00629. The van der Waals surface area contributed by atoms with Gasteiger partial charge in [-0.05, 0) is 92.1 Å². The molecule has 6 unspecified atom stereocenters. The Morgan fingerprint density at radius 3 is 2.40 bits per heavy atom. The molecule has 2 aliphatic heterocycles. The number of allylic oxidation sites excluding steroid dienone is 2. The standard InChI is InChI=1S/C41H41Cl2N3O9/c1-3-55-33-19-22(8-17-32(33)47)36-26-14-15-27-35(39(52)45(37(27)50)18-6-4-5-7-34(48)49)28(26)21-29-38(51)46(44-31-16-11-24(42)20-30(31)43)40(53)41(29,36)23-9-12-25(54-2)13-10-23/h8-14,16-17,19-20,27-29,35-36,44,47H,3-7,15,18,21H2,1-2H3,(H,48,49). The maximum atomic E-state index is 15.4. The van der Waals surface area contributed by atoms with Crippen LogP contribution in [0.5, 0.6) is 17.2 Å². The van der Waals surface area contributed by atoms with E-state index < -0.39 is 52.8 Å². The maximum Gasteiger partial charge on any atom is 0.303 e. The van der Waals surface area contributed by atoms with Crippen molar-refractivity contribution in [1.29, 1.82) is 0 Å². The first-order valence-electron chi connectivity index (χ1n) is 18.4. The highest BCUT2D eigenvalue weighted by Gasteiger charge is 2.70. The van der Waals surface area contributed by atoms with E-state index in [4.69, 9.17) is 37.8 Å². The number of aromatic hydroxyl groups is 1. The summed E-state index contributed by atoms with van der Waals surface area (Å²) in [5, 5.41) is 21.4. The van der Waals surface area contributed by atoms with Gasteiger partial charge >= 0.3 is 5.97 Å². The highest BCUT2D eigenvalue weighted by Crippen LogP contribution is 2.64. The van der Waals surface area contributed by atoms with Crippen molar-refractivity contribution in [3.8, 4) is 17.2 Å². The predicted molar refractivity (Wildman–Crippen MR) is 203 cm³/mol. The molecule has 2 aliphatic carbocycles. The Balaban J connectivity index is 1.38. The molecule has 3 fully saturated rings. The van der Waals surface area contributed by atoms with Crippen molar-refractivity contribution < 1.29 is 43.7 Å². The second-order valence-corrected chi connectivity index (χ2v) is 15.2. The van der Waals surface area contributed by atoms with Crippen molar-refractivity contribution in [2.75, 3.05) is 25.7 Å². The van der Waals surface area contributed by atoms with E-state index in [1.54, 1.807) is 55.5 Å². The van der Waals surface area contributed by atoms with Crippen LogP contribution >= 0.6 is 23.2 Å². The van der Waals surface area contributed by atoms with Crippen LogP contribution in [0.15, 0.2) is 72.3 Å². The average molecular weight is 791 g/mol. The van der Waals surface area contributed by atoms with E-state index in [1.165, 1.54) is 24.1 Å². The molecule has 1 saturated carbocycles. The van der Waals surface area contributed by atoms with Crippen LogP contribution in [-0.2, 0) is 29.4 Å². The number of anilines is 1. The van der Waals surface area contributed by atoms with Gasteiger partial charge in [0.1, 0.15) is 5.75 Å². The van der Waals surface area contributed by atoms with Gasteiger partial charge in [-0.1, -0.05) is 59.5 Å². The Kier molecular flexibility index (Phi) is 10.6. The number of phenols is 1. The maximum absolute atomic E-state index is 15.4. The second kappa shape index (κ2) is 15.2. The lowest BCUT2D eigenvalue weighted by molar-refractivity contribution is -0.141. The topological polar surface area (TPSA) is 163 Å². The number of phenolic OH excluding ortho intramolecular Hbond substituents is 1. The molecule has 6 atom stereocenters. The minimum atomic E-state index is -1.57. The lowest BCUT2D eigenvalue weighted by atomic mass is 9.49. The lowest BCUT2D eigenvalue weighted by Crippen LogP contribution is -2.53. The summed E-state index contributed by atoms with van der Waals surface area (Å²) in [6, 6.07) is 16.5. The number of hydrogen-bond donors (Lipinski definition) is 3. The van der Waals surface area contributed by atoms with Gasteiger partial charge in [-0.25, -0.2) is 0 Å². The number of aliphatic carboxylic acids is 1. The zero-order chi connectivity index (χ0) is 39.2. The number of hydrogen-bond acceptors (Lipinski definition) is 9. The van der Waals surface area contributed by atoms with Crippen molar-refractivity contribution in [2.45, 2.75) is 56.8 Å². The molecule has 55 heavy (non-hydrogen) atoms. The summed E-state index contributed by atoms with van der Waals surface area (Å²) < 4.78 is 11.3. The van der Waals surface area contributed by atoms with Crippen LogP contribution < -0.4 is 14.9 Å². The number of ether oxygens (including phenoxy) is 2. The number of rotatable bonds is 13. The quantitative estimate of drug-likeness (QED) is 0.0961. The van der Waals surface area contributed by atoms with Crippen LogP contribution in [0.4, 0.5) is 5.69 Å². The summed E-state index contributed by atoms with van der Waals surface area (Å²) in [6.07, 6.45) is 3.74. The molecule has 3 N–H and O–H groups in total. The Labute approximate surface area is 327 Å². The molecule has 288 valence electrons.